The number of aliphatic carboxylic acids is 1. The molecule has 15 heavy (non-hydrogen) atoms. The van der Waals surface area contributed by atoms with Gasteiger partial charge in [-0.2, -0.15) is 0 Å². The largest absolute Gasteiger partial charge is 0.480 e. The molecule has 6 heteroatoms. The van der Waals surface area contributed by atoms with E-state index in [1.165, 1.54) is 11.8 Å². The number of aromatic nitrogens is 3. The second-order valence-corrected chi connectivity index (χ2v) is 4.82. The van der Waals surface area contributed by atoms with Crippen LogP contribution in [0.15, 0.2) is 5.16 Å². The summed E-state index contributed by atoms with van der Waals surface area (Å²) in [7, 11) is 1.83. The van der Waals surface area contributed by atoms with Gasteiger partial charge in [-0.3, -0.25) is 4.79 Å². The molecular weight excluding hydrogens is 214 g/mol. The lowest BCUT2D eigenvalue weighted by Crippen LogP contribution is -2.23. The number of hydrogen-bond donors (Lipinski definition) is 1. The molecule has 1 aromatic heterocycles. The lowest BCUT2D eigenvalue weighted by molar-refractivity contribution is -0.137. The van der Waals surface area contributed by atoms with E-state index in [9.17, 15) is 4.79 Å². The first-order chi connectivity index (χ1) is 6.93. The maximum atomic E-state index is 11.0. The Kier molecular flexibility index (Phi) is 3.73. The number of carbonyl (C=O) groups is 1. The molecule has 0 radical (unpaired) electrons. The third-order valence-electron chi connectivity index (χ3n) is 2.13. The van der Waals surface area contributed by atoms with Crippen molar-refractivity contribution in [2.75, 3.05) is 0 Å². The van der Waals surface area contributed by atoms with Crippen LogP contribution in [0.25, 0.3) is 0 Å². The molecule has 1 N–H and O–H groups in total. The van der Waals surface area contributed by atoms with Crippen LogP contribution < -0.4 is 0 Å². The van der Waals surface area contributed by atoms with Crippen molar-refractivity contribution in [3.8, 4) is 0 Å². The van der Waals surface area contributed by atoms with Crippen molar-refractivity contribution in [2.24, 2.45) is 13.0 Å². The molecule has 1 unspecified atom stereocenters. The van der Waals surface area contributed by atoms with E-state index in [0.29, 0.717) is 5.16 Å². The Morgan fingerprint density at radius 1 is 1.47 bits per heavy atom. The minimum absolute atomic E-state index is 0.0597. The average Bonchev–Trinajstić information content (AvgIpc) is 2.43. The van der Waals surface area contributed by atoms with E-state index in [4.69, 9.17) is 5.11 Å². The van der Waals surface area contributed by atoms with Crippen LogP contribution in [0.5, 0.6) is 0 Å². The van der Waals surface area contributed by atoms with Gasteiger partial charge < -0.3 is 9.67 Å². The Hall–Kier alpha value is -1.04. The van der Waals surface area contributed by atoms with Gasteiger partial charge in [0.25, 0.3) is 0 Å². The van der Waals surface area contributed by atoms with Crippen LogP contribution in [-0.2, 0) is 11.8 Å². The van der Waals surface area contributed by atoms with Gasteiger partial charge in [-0.1, -0.05) is 25.6 Å². The summed E-state index contributed by atoms with van der Waals surface area (Å²) in [5, 5.41) is 17.0. The van der Waals surface area contributed by atoms with Gasteiger partial charge in [0.2, 0.25) is 0 Å². The Labute approximate surface area is 92.9 Å². The van der Waals surface area contributed by atoms with Crippen molar-refractivity contribution < 1.29 is 9.90 Å². The maximum absolute atomic E-state index is 11.0. The monoisotopic (exact) mass is 229 g/mol. The summed E-state index contributed by atoms with van der Waals surface area (Å²) in [6.07, 6.45) is 0. The van der Waals surface area contributed by atoms with Gasteiger partial charge in [-0.15, -0.1) is 10.2 Å². The van der Waals surface area contributed by atoms with Crippen molar-refractivity contribution in [1.82, 2.24) is 14.8 Å². The molecule has 0 spiro atoms. The fraction of sp³-hybridized carbons (Fsp3) is 0.667. The van der Waals surface area contributed by atoms with E-state index >= 15 is 0 Å². The summed E-state index contributed by atoms with van der Waals surface area (Å²) in [4.78, 5) is 11.0. The second-order valence-electron chi connectivity index (χ2n) is 3.71. The number of thioether (sulfide) groups is 1. The molecule has 0 saturated carbocycles. The van der Waals surface area contributed by atoms with E-state index in [-0.39, 0.29) is 5.92 Å². The molecule has 0 bridgehead atoms. The number of nitrogens with zero attached hydrogens (tertiary/aromatic N) is 3. The van der Waals surface area contributed by atoms with Crippen LogP contribution in [0.3, 0.4) is 0 Å². The normalized spacial score (nSPS) is 13.1. The zero-order valence-electron chi connectivity index (χ0n) is 9.26. The molecule has 0 fully saturated rings. The van der Waals surface area contributed by atoms with Gasteiger partial charge in [0, 0.05) is 7.05 Å². The quantitative estimate of drug-likeness (QED) is 0.789. The van der Waals surface area contributed by atoms with Gasteiger partial charge in [0.15, 0.2) is 5.16 Å². The Morgan fingerprint density at radius 3 is 2.40 bits per heavy atom. The second kappa shape index (κ2) is 4.65. The van der Waals surface area contributed by atoms with Crippen molar-refractivity contribution in [3.63, 3.8) is 0 Å². The molecule has 0 saturated heterocycles. The van der Waals surface area contributed by atoms with Crippen LogP contribution in [-0.4, -0.2) is 31.1 Å². The van der Waals surface area contributed by atoms with Crippen molar-refractivity contribution in [2.45, 2.75) is 31.2 Å². The molecule has 84 valence electrons. The maximum Gasteiger partial charge on any atom is 0.317 e. The van der Waals surface area contributed by atoms with Gasteiger partial charge in [0.1, 0.15) is 11.1 Å². The standard InChI is InChI=1S/C9H15N3O2S/c1-5(2)7(8(13)14)15-9-11-10-6(3)12(9)4/h5,7H,1-4H3,(H,13,14). The topological polar surface area (TPSA) is 68.0 Å². The Balaban J connectivity index is 2.83. The molecule has 1 rings (SSSR count). The summed E-state index contributed by atoms with van der Waals surface area (Å²) in [5.74, 6) is 0.0329. The fourth-order valence-electron chi connectivity index (χ4n) is 1.08. The summed E-state index contributed by atoms with van der Waals surface area (Å²) >= 11 is 1.24. The molecule has 0 amide bonds. The Morgan fingerprint density at radius 2 is 2.07 bits per heavy atom. The third-order valence-corrected chi connectivity index (χ3v) is 3.70. The highest BCUT2D eigenvalue weighted by molar-refractivity contribution is 8.00. The summed E-state index contributed by atoms with van der Waals surface area (Å²) in [5.41, 5.74) is 0. The van der Waals surface area contributed by atoms with Gasteiger partial charge in [-0.05, 0) is 12.8 Å². The molecule has 0 aliphatic carbocycles. The molecule has 1 heterocycles. The summed E-state index contributed by atoms with van der Waals surface area (Å²) in [6, 6.07) is 0. The first-order valence-electron chi connectivity index (χ1n) is 4.69. The van der Waals surface area contributed by atoms with Crippen LogP contribution in [0.4, 0.5) is 0 Å². The molecule has 0 aliphatic rings. The molecule has 1 atom stereocenters. The lowest BCUT2D eigenvalue weighted by Gasteiger charge is -2.14. The van der Waals surface area contributed by atoms with Crippen LogP contribution in [0.2, 0.25) is 0 Å². The highest BCUT2D eigenvalue weighted by atomic mass is 32.2. The minimum Gasteiger partial charge on any atom is -0.480 e. The van der Waals surface area contributed by atoms with Crippen molar-refractivity contribution in [1.29, 1.82) is 0 Å². The minimum atomic E-state index is -0.810. The molecule has 5 nitrogen and oxygen atoms in total. The van der Waals surface area contributed by atoms with Crippen LogP contribution in [0, 0.1) is 12.8 Å². The van der Waals surface area contributed by atoms with E-state index in [2.05, 4.69) is 10.2 Å². The predicted octanol–water partition coefficient (Wildman–Crippen LogP) is 1.32. The van der Waals surface area contributed by atoms with Crippen molar-refractivity contribution in [3.05, 3.63) is 5.82 Å². The highest BCUT2D eigenvalue weighted by Gasteiger charge is 2.25. The Bertz CT molecular complexity index is 362. The number of carboxylic acid groups (broad SMARTS) is 1. The average molecular weight is 229 g/mol. The van der Waals surface area contributed by atoms with E-state index in [1.807, 2.05) is 27.8 Å². The predicted molar refractivity (Wildman–Crippen MR) is 57.9 cm³/mol. The molecular formula is C9H15N3O2S. The van der Waals surface area contributed by atoms with Crippen molar-refractivity contribution >= 4 is 17.7 Å². The molecule has 1 aromatic rings. The third kappa shape index (κ3) is 2.71. The molecule has 0 aromatic carbocycles. The van der Waals surface area contributed by atoms with E-state index in [0.717, 1.165) is 5.82 Å². The first-order valence-corrected chi connectivity index (χ1v) is 5.57. The van der Waals surface area contributed by atoms with Gasteiger partial charge in [-0.25, -0.2) is 0 Å². The fourth-order valence-corrected chi connectivity index (χ4v) is 2.05. The zero-order valence-corrected chi connectivity index (χ0v) is 10.1. The van der Waals surface area contributed by atoms with Crippen LogP contribution in [0.1, 0.15) is 19.7 Å². The molecule has 0 aliphatic heterocycles. The van der Waals surface area contributed by atoms with E-state index in [1.54, 1.807) is 4.57 Å². The number of rotatable bonds is 4. The smallest absolute Gasteiger partial charge is 0.317 e. The number of carboxylic acids is 1. The summed E-state index contributed by atoms with van der Waals surface area (Å²) < 4.78 is 1.79. The zero-order chi connectivity index (χ0) is 11.6. The van der Waals surface area contributed by atoms with E-state index < -0.39 is 11.2 Å². The van der Waals surface area contributed by atoms with Gasteiger partial charge >= 0.3 is 5.97 Å². The highest BCUT2D eigenvalue weighted by Crippen LogP contribution is 2.26. The lowest BCUT2D eigenvalue weighted by atomic mass is 10.1. The van der Waals surface area contributed by atoms with Gasteiger partial charge in [0.05, 0.1) is 0 Å². The SMILES string of the molecule is Cc1nnc(SC(C(=O)O)C(C)C)n1C. The summed E-state index contributed by atoms with van der Waals surface area (Å²) in [6.45, 7) is 5.60. The van der Waals surface area contributed by atoms with Crippen LogP contribution >= 0.6 is 11.8 Å². The first kappa shape index (κ1) is 12.0. The number of aryl methyl sites for hydroxylation is 1. The number of hydrogen-bond acceptors (Lipinski definition) is 4.